The molecule has 1 aromatic rings. The van der Waals surface area contributed by atoms with Gasteiger partial charge in [0.25, 0.3) is 5.91 Å². The predicted octanol–water partition coefficient (Wildman–Crippen LogP) is 1.88. The molecule has 6 nitrogen and oxygen atoms in total. The number of carbonyl (C=O) groups is 2. The fourth-order valence-corrected chi connectivity index (χ4v) is 1.87. The van der Waals surface area contributed by atoms with Gasteiger partial charge in [0, 0.05) is 12.6 Å². The van der Waals surface area contributed by atoms with Crippen LogP contribution in [0.3, 0.4) is 0 Å². The lowest BCUT2D eigenvalue weighted by atomic mass is 10.2. The van der Waals surface area contributed by atoms with Gasteiger partial charge in [0.15, 0.2) is 18.1 Å². The van der Waals surface area contributed by atoms with E-state index in [1.165, 1.54) is 13.2 Å². The van der Waals surface area contributed by atoms with Gasteiger partial charge in [-0.2, -0.15) is 0 Å². The Hall–Kier alpha value is -2.50. The number of nitrogens with one attached hydrogen (secondary N) is 1. The predicted molar refractivity (Wildman–Crippen MR) is 89.3 cm³/mol. The first-order valence-corrected chi connectivity index (χ1v) is 7.62. The van der Waals surface area contributed by atoms with Crippen LogP contribution in [0.4, 0.5) is 0 Å². The molecular formula is C17H24N2O4. The molecule has 0 unspecified atom stereocenters. The van der Waals surface area contributed by atoms with E-state index in [9.17, 15) is 9.59 Å². The van der Waals surface area contributed by atoms with E-state index in [-0.39, 0.29) is 12.5 Å². The third-order valence-electron chi connectivity index (χ3n) is 3.06. The van der Waals surface area contributed by atoms with E-state index < -0.39 is 5.91 Å². The number of benzene rings is 1. The largest absolute Gasteiger partial charge is 0.493 e. The lowest BCUT2D eigenvalue weighted by molar-refractivity contribution is -0.120. The van der Waals surface area contributed by atoms with Gasteiger partial charge in [-0.15, -0.1) is 0 Å². The molecular weight excluding hydrogens is 296 g/mol. The number of ether oxygens (including phenoxy) is 2. The van der Waals surface area contributed by atoms with Crippen molar-refractivity contribution in [2.75, 3.05) is 20.3 Å². The average molecular weight is 320 g/mol. The summed E-state index contributed by atoms with van der Waals surface area (Å²) in [5.41, 5.74) is 5.83. The monoisotopic (exact) mass is 320 g/mol. The zero-order valence-corrected chi connectivity index (χ0v) is 13.6. The van der Waals surface area contributed by atoms with Gasteiger partial charge in [0.1, 0.15) is 0 Å². The molecule has 0 bridgehead atoms. The number of hydrogen-bond acceptors (Lipinski definition) is 4. The number of rotatable bonds is 10. The van der Waals surface area contributed by atoms with E-state index in [4.69, 9.17) is 15.2 Å². The Bertz CT molecular complexity index is 556. The minimum Gasteiger partial charge on any atom is -0.493 e. The molecule has 0 saturated heterocycles. The number of unbranched alkanes of at least 4 members (excludes halogenated alkanes) is 2. The second-order valence-electron chi connectivity index (χ2n) is 5.00. The van der Waals surface area contributed by atoms with E-state index in [1.807, 2.05) is 0 Å². The van der Waals surface area contributed by atoms with Crippen molar-refractivity contribution in [1.29, 1.82) is 0 Å². The molecule has 3 N–H and O–H groups in total. The molecule has 0 atom stereocenters. The Morgan fingerprint density at radius 2 is 2.04 bits per heavy atom. The van der Waals surface area contributed by atoms with Crippen LogP contribution in [0.1, 0.15) is 31.7 Å². The molecule has 1 rings (SSSR count). The Balaban J connectivity index is 2.61. The highest BCUT2D eigenvalue weighted by atomic mass is 16.5. The fraction of sp³-hybridized carbons (Fsp3) is 0.412. The molecule has 126 valence electrons. The number of amides is 2. The zero-order chi connectivity index (χ0) is 17.1. The van der Waals surface area contributed by atoms with Crippen molar-refractivity contribution in [3.63, 3.8) is 0 Å². The summed E-state index contributed by atoms with van der Waals surface area (Å²) in [6, 6.07) is 5.15. The second-order valence-corrected chi connectivity index (χ2v) is 5.00. The van der Waals surface area contributed by atoms with Crippen LogP contribution in [0.25, 0.3) is 6.08 Å². The van der Waals surface area contributed by atoms with Gasteiger partial charge >= 0.3 is 0 Å². The number of hydrogen-bond donors (Lipinski definition) is 2. The zero-order valence-electron chi connectivity index (χ0n) is 13.6. The summed E-state index contributed by atoms with van der Waals surface area (Å²) in [5, 5.41) is 2.83. The molecule has 0 aliphatic heterocycles. The Labute approximate surface area is 136 Å². The van der Waals surface area contributed by atoms with Crippen LogP contribution in [0.5, 0.6) is 11.5 Å². The second kappa shape index (κ2) is 10.3. The molecule has 0 spiro atoms. The van der Waals surface area contributed by atoms with E-state index in [0.717, 1.165) is 24.8 Å². The Morgan fingerprint density at radius 1 is 1.26 bits per heavy atom. The van der Waals surface area contributed by atoms with Crippen molar-refractivity contribution in [1.82, 2.24) is 5.32 Å². The normalized spacial score (nSPS) is 10.5. The summed E-state index contributed by atoms with van der Waals surface area (Å²) in [7, 11) is 1.50. The minimum absolute atomic E-state index is 0.130. The topological polar surface area (TPSA) is 90.6 Å². The number of primary amides is 1. The van der Waals surface area contributed by atoms with E-state index in [2.05, 4.69) is 12.2 Å². The fourth-order valence-electron chi connectivity index (χ4n) is 1.87. The van der Waals surface area contributed by atoms with Crippen LogP contribution in [0.2, 0.25) is 0 Å². The van der Waals surface area contributed by atoms with Crippen LogP contribution >= 0.6 is 0 Å². The molecule has 0 saturated carbocycles. The van der Waals surface area contributed by atoms with Crippen molar-refractivity contribution in [3.05, 3.63) is 29.8 Å². The summed E-state index contributed by atoms with van der Waals surface area (Å²) < 4.78 is 10.4. The van der Waals surface area contributed by atoms with Gasteiger partial charge in [-0.05, 0) is 30.2 Å². The van der Waals surface area contributed by atoms with Gasteiger partial charge in [-0.3, -0.25) is 9.59 Å². The molecule has 0 aliphatic carbocycles. The van der Waals surface area contributed by atoms with Crippen molar-refractivity contribution < 1.29 is 19.1 Å². The van der Waals surface area contributed by atoms with Crippen LogP contribution < -0.4 is 20.5 Å². The van der Waals surface area contributed by atoms with Crippen LogP contribution in [0.15, 0.2) is 24.3 Å². The summed E-state index contributed by atoms with van der Waals surface area (Å²) in [6.45, 7) is 2.58. The summed E-state index contributed by atoms with van der Waals surface area (Å²) in [6.07, 6.45) is 6.37. The summed E-state index contributed by atoms with van der Waals surface area (Å²) in [5.74, 6) is 0.203. The minimum atomic E-state index is -0.559. The van der Waals surface area contributed by atoms with Gasteiger partial charge in [-0.25, -0.2) is 0 Å². The highest BCUT2D eigenvalue weighted by molar-refractivity contribution is 5.91. The van der Waals surface area contributed by atoms with E-state index >= 15 is 0 Å². The number of methoxy groups -OCH3 is 1. The molecule has 2 amide bonds. The third kappa shape index (κ3) is 7.35. The van der Waals surface area contributed by atoms with Crippen molar-refractivity contribution >= 4 is 17.9 Å². The van der Waals surface area contributed by atoms with Gasteiger partial charge in [0.2, 0.25) is 5.91 Å². The SMILES string of the molecule is CCCCCNC(=O)/C=C/c1ccc(OCC(N)=O)c(OC)c1. The number of carbonyl (C=O) groups excluding carboxylic acids is 2. The summed E-state index contributed by atoms with van der Waals surface area (Å²) >= 11 is 0. The highest BCUT2D eigenvalue weighted by Gasteiger charge is 2.06. The van der Waals surface area contributed by atoms with Crippen LogP contribution in [0, 0.1) is 0 Å². The van der Waals surface area contributed by atoms with Crippen molar-refractivity contribution in [2.45, 2.75) is 26.2 Å². The first kappa shape index (κ1) is 18.5. The smallest absolute Gasteiger partial charge is 0.255 e. The maximum Gasteiger partial charge on any atom is 0.255 e. The first-order chi connectivity index (χ1) is 11.1. The Kier molecular flexibility index (Phi) is 8.28. The lowest BCUT2D eigenvalue weighted by Gasteiger charge is -2.10. The standard InChI is InChI=1S/C17H24N2O4/c1-3-4-5-10-19-17(21)9-7-13-6-8-14(15(11-13)22-2)23-12-16(18)20/h6-9,11H,3-5,10,12H2,1-2H3,(H2,18,20)(H,19,21)/b9-7+. The van der Waals surface area contributed by atoms with Crippen molar-refractivity contribution in [3.8, 4) is 11.5 Å². The molecule has 6 heteroatoms. The maximum atomic E-state index is 11.7. The van der Waals surface area contributed by atoms with E-state index in [1.54, 1.807) is 24.3 Å². The van der Waals surface area contributed by atoms with Gasteiger partial charge in [-0.1, -0.05) is 25.8 Å². The molecule has 0 fully saturated rings. The van der Waals surface area contributed by atoms with E-state index in [0.29, 0.717) is 18.0 Å². The lowest BCUT2D eigenvalue weighted by Crippen LogP contribution is -2.21. The molecule has 1 aromatic carbocycles. The third-order valence-corrected chi connectivity index (χ3v) is 3.06. The van der Waals surface area contributed by atoms with Crippen LogP contribution in [-0.4, -0.2) is 32.1 Å². The first-order valence-electron chi connectivity index (χ1n) is 7.62. The molecule has 0 radical (unpaired) electrons. The molecule has 0 heterocycles. The Morgan fingerprint density at radius 3 is 2.70 bits per heavy atom. The maximum absolute atomic E-state index is 11.7. The van der Waals surface area contributed by atoms with Gasteiger partial charge < -0.3 is 20.5 Å². The van der Waals surface area contributed by atoms with Crippen LogP contribution in [-0.2, 0) is 9.59 Å². The van der Waals surface area contributed by atoms with Crippen molar-refractivity contribution in [2.24, 2.45) is 5.73 Å². The van der Waals surface area contributed by atoms with Gasteiger partial charge in [0.05, 0.1) is 7.11 Å². The quantitative estimate of drug-likeness (QED) is 0.509. The molecule has 0 aromatic heterocycles. The number of nitrogens with two attached hydrogens (primary N) is 1. The molecule has 23 heavy (non-hydrogen) atoms. The molecule has 0 aliphatic rings. The average Bonchev–Trinajstić information content (AvgIpc) is 2.55. The summed E-state index contributed by atoms with van der Waals surface area (Å²) in [4.78, 5) is 22.4. The highest BCUT2D eigenvalue weighted by Crippen LogP contribution is 2.28.